The van der Waals surface area contributed by atoms with Crippen LogP contribution in [0, 0.1) is 0 Å². The summed E-state index contributed by atoms with van der Waals surface area (Å²) in [6.45, 7) is 0.439. The lowest BCUT2D eigenvalue weighted by Gasteiger charge is -2.23. The Morgan fingerprint density at radius 1 is 1.24 bits per heavy atom. The quantitative estimate of drug-likeness (QED) is 0.617. The number of carbonyl (C=O) groups excluding carboxylic acids is 2. The van der Waals surface area contributed by atoms with Crippen molar-refractivity contribution in [3.63, 3.8) is 0 Å². The molecule has 0 bridgehead atoms. The summed E-state index contributed by atoms with van der Waals surface area (Å²) < 4.78 is 1.99. The Kier molecular flexibility index (Phi) is 5.72. The van der Waals surface area contributed by atoms with Crippen molar-refractivity contribution >= 4 is 63.5 Å². The molecule has 4 rings (SSSR count). The SMILES string of the molecule is Cn1c(CCNC(=O)CC2Sc3ccc(Cl)cc3NC2=O)nc2cc(Cl)ccc21. The summed E-state index contributed by atoms with van der Waals surface area (Å²) in [5.41, 5.74) is 2.51. The predicted octanol–water partition coefficient (Wildman–Crippen LogP) is 4.04. The Bertz CT molecular complexity index is 1120. The molecule has 0 aliphatic carbocycles. The lowest BCUT2D eigenvalue weighted by Crippen LogP contribution is -2.35. The van der Waals surface area contributed by atoms with Crippen LogP contribution in [0.5, 0.6) is 0 Å². The van der Waals surface area contributed by atoms with E-state index in [0.29, 0.717) is 28.7 Å². The van der Waals surface area contributed by atoms with E-state index in [-0.39, 0.29) is 18.2 Å². The van der Waals surface area contributed by atoms with Gasteiger partial charge >= 0.3 is 0 Å². The number of amides is 2. The van der Waals surface area contributed by atoms with Gasteiger partial charge < -0.3 is 15.2 Å². The Morgan fingerprint density at radius 3 is 2.83 bits per heavy atom. The molecule has 2 aromatic carbocycles. The molecule has 0 radical (unpaired) electrons. The molecular weight excluding hydrogens is 431 g/mol. The first-order chi connectivity index (χ1) is 13.9. The predicted molar refractivity (Wildman–Crippen MR) is 117 cm³/mol. The number of anilines is 1. The average molecular weight is 449 g/mol. The third-order valence-corrected chi connectivity index (χ3v) is 6.48. The molecule has 0 spiro atoms. The third kappa shape index (κ3) is 4.37. The summed E-state index contributed by atoms with van der Waals surface area (Å²) in [6, 6.07) is 10.9. The number of imidazole rings is 1. The molecule has 1 unspecified atom stereocenters. The van der Waals surface area contributed by atoms with E-state index in [4.69, 9.17) is 23.2 Å². The molecule has 0 saturated carbocycles. The number of aromatic nitrogens is 2. The Labute approximate surface area is 182 Å². The van der Waals surface area contributed by atoms with E-state index >= 15 is 0 Å². The van der Waals surface area contributed by atoms with E-state index in [1.54, 1.807) is 12.1 Å². The first-order valence-corrected chi connectivity index (χ1v) is 10.7. The molecule has 1 aliphatic rings. The summed E-state index contributed by atoms with van der Waals surface area (Å²) in [7, 11) is 1.94. The van der Waals surface area contributed by atoms with Gasteiger partial charge in [0.05, 0.1) is 22.0 Å². The number of hydrogen-bond acceptors (Lipinski definition) is 4. The van der Waals surface area contributed by atoms with E-state index in [2.05, 4.69) is 15.6 Å². The first kappa shape index (κ1) is 20.1. The van der Waals surface area contributed by atoms with Crippen molar-refractivity contribution in [2.75, 3.05) is 11.9 Å². The highest BCUT2D eigenvalue weighted by Crippen LogP contribution is 2.38. The van der Waals surface area contributed by atoms with Crippen LogP contribution < -0.4 is 10.6 Å². The molecule has 2 N–H and O–H groups in total. The highest BCUT2D eigenvalue weighted by atomic mass is 35.5. The molecular formula is C20H18Cl2N4O2S. The lowest BCUT2D eigenvalue weighted by molar-refractivity contribution is -0.124. The minimum Gasteiger partial charge on any atom is -0.356 e. The lowest BCUT2D eigenvalue weighted by atomic mass is 10.2. The van der Waals surface area contributed by atoms with E-state index < -0.39 is 5.25 Å². The number of hydrogen-bond donors (Lipinski definition) is 2. The number of carbonyl (C=O) groups is 2. The van der Waals surface area contributed by atoms with Crippen LogP contribution in [0.4, 0.5) is 5.69 Å². The maximum Gasteiger partial charge on any atom is 0.238 e. The summed E-state index contributed by atoms with van der Waals surface area (Å²) in [4.78, 5) is 30.1. The highest BCUT2D eigenvalue weighted by Gasteiger charge is 2.29. The van der Waals surface area contributed by atoms with Crippen LogP contribution in [-0.4, -0.2) is 33.2 Å². The number of nitrogens with one attached hydrogen (secondary N) is 2. The van der Waals surface area contributed by atoms with Crippen molar-refractivity contribution in [1.82, 2.24) is 14.9 Å². The number of benzene rings is 2. The summed E-state index contributed by atoms with van der Waals surface area (Å²) in [6.07, 6.45) is 0.691. The standard InChI is InChI=1S/C20H18Cl2N4O2S/c1-26-15-4-2-11(21)8-13(15)24-18(26)6-7-23-19(27)10-17-20(28)25-14-9-12(22)3-5-16(14)29-17/h2-5,8-9,17H,6-7,10H2,1H3,(H,23,27)(H,25,28). The number of nitrogens with zero attached hydrogens (tertiary/aromatic N) is 2. The van der Waals surface area contributed by atoms with Gasteiger partial charge in [0.15, 0.2) is 0 Å². The zero-order valence-corrected chi connectivity index (χ0v) is 17.9. The van der Waals surface area contributed by atoms with Crippen molar-refractivity contribution in [2.45, 2.75) is 23.0 Å². The van der Waals surface area contributed by atoms with Gasteiger partial charge in [-0.25, -0.2) is 4.98 Å². The third-order valence-electron chi connectivity index (χ3n) is 4.74. The molecule has 29 heavy (non-hydrogen) atoms. The second kappa shape index (κ2) is 8.26. The molecule has 9 heteroatoms. The molecule has 0 saturated heterocycles. The van der Waals surface area contributed by atoms with E-state index in [9.17, 15) is 9.59 Å². The van der Waals surface area contributed by atoms with Crippen molar-refractivity contribution < 1.29 is 9.59 Å². The Balaban J connectivity index is 1.33. The van der Waals surface area contributed by atoms with Gasteiger partial charge in [0.1, 0.15) is 5.82 Å². The Hall–Kier alpha value is -2.22. The van der Waals surface area contributed by atoms with Gasteiger partial charge in [0.2, 0.25) is 11.8 Å². The molecule has 0 fully saturated rings. The Morgan fingerprint density at radius 2 is 2.00 bits per heavy atom. The topological polar surface area (TPSA) is 76.0 Å². The van der Waals surface area contributed by atoms with E-state index in [1.165, 1.54) is 11.8 Å². The zero-order valence-electron chi connectivity index (χ0n) is 15.5. The van der Waals surface area contributed by atoms with E-state index in [1.807, 2.05) is 35.9 Å². The number of rotatable bonds is 5. The van der Waals surface area contributed by atoms with Gasteiger partial charge in [-0.15, -0.1) is 11.8 Å². The second-order valence-corrected chi connectivity index (χ2v) is 8.88. The molecule has 1 atom stereocenters. The number of fused-ring (bicyclic) bond motifs is 2. The maximum absolute atomic E-state index is 12.3. The van der Waals surface area contributed by atoms with Gasteiger partial charge in [0.25, 0.3) is 0 Å². The number of halogens is 2. The largest absolute Gasteiger partial charge is 0.356 e. The molecule has 2 amide bonds. The van der Waals surface area contributed by atoms with Crippen molar-refractivity contribution in [1.29, 1.82) is 0 Å². The average Bonchev–Trinajstić information content (AvgIpc) is 2.97. The van der Waals surface area contributed by atoms with Gasteiger partial charge in [-0.1, -0.05) is 23.2 Å². The summed E-state index contributed by atoms with van der Waals surface area (Å²) >= 11 is 13.4. The van der Waals surface area contributed by atoms with Crippen LogP contribution in [0.25, 0.3) is 11.0 Å². The first-order valence-electron chi connectivity index (χ1n) is 9.05. The molecule has 1 aliphatic heterocycles. The number of thioether (sulfide) groups is 1. The van der Waals surface area contributed by atoms with Gasteiger partial charge in [-0.2, -0.15) is 0 Å². The van der Waals surface area contributed by atoms with Crippen LogP contribution >= 0.6 is 35.0 Å². The molecule has 6 nitrogen and oxygen atoms in total. The molecule has 150 valence electrons. The summed E-state index contributed by atoms with van der Waals surface area (Å²) in [5, 5.41) is 6.43. The molecule has 2 heterocycles. The highest BCUT2D eigenvalue weighted by molar-refractivity contribution is 8.01. The normalized spacial score (nSPS) is 15.8. The fraction of sp³-hybridized carbons (Fsp3) is 0.250. The van der Waals surface area contributed by atoms with Crippen LogP contribution in [0.1, 0.15) is 12.2 Å². The zero-order chi connectivity index (χ0) is 20.5. The van der Waals surface area contributed by atoms with Gasteiger partial charge in [0, 0.05) is 41.4 Å². The van der Waals surface area contributed by atoms with Gasteiger partial charge in [-0.3, -0.25) is 9.59 Å². The van der Waals surface area contributed by atoms with E-state index in [0.717, 1.165) is 21.8 Å². The van der Waals surface area contributed by atoms with Crippen LogP contribution in [0.3, 0.4) is 0 Å². The fourth-order valence-electron chi connectivity index (χ4n) is 3.26. The van der Waals surface area contributed by atoms with Crippen molar-refractivity contribution in [3.8, 4) is 0 Å². The maximum atomic E-state index is 12.3. The molecule has 1 aromatic heterocycles. The van der Waals surface area contributed by atoms with Crippen LogP contribution in [0.2, 0.25) is 10.0 Å². The number of aryl methyl sites for hydroxylation is 1. The fourth-order valence-corrected chi connectivity index (χ4v) is 4.69. The minimum absolute atomic E-state index is 0.108. The molecule has 3 aromatic rings. The van der Waals surface area contributed by atoms with Gasteiger partial charge in [-0.05, 0) is 36.4 Å². The smallest absolute Gasteiger partial charge is 0.238 e. The van der Waals surface area contributed by atoms with Crippen molar-refractivity contribution in [2.24, 2.45) is 7.05 Å². The minimum atomic E-state index is -0.471. The second-order valence-electron chi connectivity index (χ2n) is 6.76. The van der Waals surface area contributed by atoms with Crippen molar-refractivity contribution in [3.05, 3.63) is 52.3 Å². The summed E-state index contributed by atoms with van der Waals surface area (Å²) in [5.74, 6) is 0.502. The monoisotopic (exact) mass is 448 g/mol. The van der Waals surface area contributed by atoms with Crippen LogP contribution in [-0.2, 0) is 23.1 Å². The van der Waals surface area contributed by atoms with Crippen LogP contribution in [0.15, 0.2) is 41.3 Å².